The lowest BCUT2D eigenvalue weighted by Gasteiger charge is -1.99. The lowest BCUT2D eigenvalue weighted by Crippen LogP contribution is -2.11. The first-order valence-electron chi connectivity index (χ1n) is 4.58. The Morgan fingerprint density at radius 1 is 1.47 bits per heavy atom. The molecule has 2 heterocycles. The van der Waals surface area contributed by atoms with Crippen LogP contribution in [0, 0.1) is 6.92 Å². The van der Waals surface area contributed by atoms with Crippen molar-refractivity contribution < 1.29 is 0 Å². The van der Waals surface area contributed by atoms with Crippen molar-refractivity contribution in [2.75, 3.05) is 0 Å². The molecule has 0 saturated heterocycles. The summed E-state index contributed by atoms with van der Waals surface area (Å²) in [6.07, 6.45) is 0. The van der Waals surface area contributed by atoms with Gasteiger partial charge in [-0.05, 0) is 34.5 Å². The van der Waals surface area contributed by atoms with E-state index in [1.807, 2.05) is 5.51 Å². The van der Waals surface area contributed by atoms with Crippen molar-refractivity contribution in [3.8, 4) is 0 Å². The first-order valence-corrected chi connectivity index (χ1v) is 7.13. The minimum absolute atomic E-state index is 0.845. The van der Waals surface area contributed by atoms with Crippen LogP contribution >= 0.6 is 38.6 Å². The second kappa shape index (κ2) is 5.21. The Morgan fingerprint density at radius 2 is 2.33 bits per heavy atom. The van der Waals surface area contributed by atoms with Gasteiger partial charge in [-0.3, -0.25) is 0 Å². The number of halogens is 1. The second-order valence-corrected chi connectivity index (χ2v) is 6.43. The van der Waals surface area contributed by atoms with E-state index in [9.17, 15) is 0 Å². The van der Waals surface area contributed by atoms with Gasteiger partial charge in [-0.25, -0.2) is 4.98 Å². The number of hydrogen-bond donors (Lipinski definition) is 1. The third-order valence-electron chi connectivity index (χ3n) is 2.00. The summed E-state index contributed by atoms with van der Waals surface area (Å²) in [6, 6.07) is 2.21. The fraction of sp³-hybridized carbons (Fsp3) is 0.300. The largest absolute Gasteiger partial charge is 0.306 e. The molecule has 0 fully saturated rings. The maximum absolute atomic E-state index is 4.22. The zero-order valence-electron chi connectivity index (χ0n) is 8.29. The van der Waals surface area contributed by atoms with Gasteiger partial charge in [0.2, 0.25) is 0 Å². The third kappa shape index (κ3) is 3.11. The number of nitrogens with one attached hydrogen (secondary N) is 1. The molecule has 0 aliphatic rings. The minimum atomic E-state index is 0.845. The van der Waals surface area contributed by atoms with Gasteiger partial charge in [0.1, 0.15) is 0 Å². The average molecular weight is 303 g/mol. The molecule has 0 aliphatic carbocycles. The average Bonchev–Trinajstić information content (AvgIpc) is 2.79. The third-order valence-corrected chi connectivity index (χ3v) is 4.77. The standard InChI is InChI=1S/C10H11BrN2S2/c1-7-2-9(15-10(7)11)4-12-3-8-5-14-6-13-8/h2,5-6,12H,3-4H2,1H3. The highest BCUT2D eigenvalue weighted by Crippen LogP contribution is 2.27. The summed E-state index contributed by atoms with van der Waals surface area (Å²) in [7, 11) is 0. The van der Waals surface area contributed by atoms with E-state index in [0.717, 1.165) is 18.8 Å². The van der Waals surface area contributed by atoms with Crippen molar-refractivity contribution in [3.63, 3.8) is 0 Å². The van der Waals surface area contributed by atoms with Gasteiger partial charge in [0.25, 0.3) is 0 Å². The maximum atomic E-state index is 4.22. The van der Waals surface area contributed by atoms with Gasteiger partial charge >= 0.3 is 0 Å². The summed E-state index contributed by atoms with van der Waals surface area (Å²) in [5, 5.41) is 5.45. The highest BCUT2D eigenvalue weighted by molar-refractivity contribution is 9.11. The number of rotatable bonds is 4. The van der Waals surface area contributed by atoms with Crippen LogP contribution in [-0.4, -0.2) is 4.98 Å². The van der Waals surface area contributed by atoms with Gasteiger partial charge in [0, 0.05) is 23.3 Å². The van der Waals surface area contributed by atoms with Crippen LogP contribution in [0.1, 0.15) is 16.1 Å². The molecule has 0 aliphatic heterocycles. The first kappa shape index (κ1) is 11.3. The number of nitrogens with zero attached hydrogens (tertiary/aromatic N) is 1. The molecule has 2 aromatic rings. The quantitative estimate of drug-likeness (QED) is 0.934. The summed E-state index contributed by atoms with van der Waals surface area (Å²) in [5.41, 5.74) is 4.29. The Balaban J connectivity index is 1.83. The number of thiophene rings is 1. The molecule has 80 valence electrons. The summed E-state index contributed by atoms with van der Waals surface area (Å²) >= 11 is 6.95. The van der Waals surface area contributed by atoms with E-state index in [-0.39, 0.29) is 0 Å². The van der Waals surface area contributed by atoms with Crippen LogP contribution in [0.4, 0.5) is 0 Å². The molecule has 0 radical (unpaired) electrons. The van der Waals surface area contributed by atoms with Crippen LogP contribution in [0.3, 0.4) is 0 Å². The highest BCUT2D eigenvalue weighted by Gasteiger charge is 2.02. The van der Waals surface area contributed by atoms with Crippen molar-refractivity contribution in [2.24, 2.45) is 0 Å². The Morgan fingerprint density at radius 3 is 2.93 bits per heavy atom. The maximum Gasteiger partial charge on any atom is 0.0795 e. The normalized spacial score (nSPS) is 10.8. The lowest BCUT2D eigenvalue weighted by molar-refractivity contribution is 0.689. The molecule has 0 aromatic carbocycles. The van der Waals surface area contributed by atoms with E-state index >= 15 is 0 Å². The summed E-state index contributed by atoms with van der Waals surface area (Å²) in [4.78, 5) is 5.58. The Labute approximate surface area is 106 Å². The number of aromatic nitrogens is 1. The van der Waals surface area contributed by atoms with E-state index in [1.165, 1.54) is 14.2 Å². The van der Waals surface area contributed by atoms with Gasteiger partial charge in [-0.15, -0.1) is 22.7 Å². The van der Waals surface area contributed by atoms with Crippen LogP contribution in [0.25, 0.3) is 0 Å². The molecule has 0 amide bonds. The van der Waals surface area contributed by atoms with E-state index < -0.39 is 0 Å². The highest BCUT2D eigenvalue weighted by atomic mass is 79.9. The van der Waals surface area contributed by atoms with Gasteiger partial charge in [0.05, 0.1) is 15.0 Å². The summed E-state index contributed by atoms with van der Waals surface area (Å²) < 4.78 is 1.23. The first-order chi connectivity index (χ1) is 7.25. The number of aryl methyl sites for hydroxylation is 1. The zero-order chi connectivity index (χ0) is 10.7. The zero-order valence-corrected chi connectivity index (χ0v) is 11.5. The molecule has 2 rings (SSSR count). The van der Waals surface area contributed by atoms with E-state index in [4.69, 9.17) is 0 Å². The fourth-order valence-corrected chi connectivity index (χ4v) is 3.41. The van der Waals surface area contributed by atoms with Crippen LogP contribution in [0.5, 0.6) is 0 Å². The summed E-state index contributed by atoms with van der Waals surface area (Å²) in [6.45, 7) is 3.87. The van der Waals surface area contributed by atoms with Crippen molar-refractivity contribution in [1.82, 2.24) is 10.3 Å². The molecule has 15 heavy (non-hydrogen) atoms. The molecular weight excluding hydrogens is 292 g/mol. The van der Waals surface area contributed by atoms with Crippen LogP contribution in [0.2, 0.25) is 0 Å². The molecule has 0 spiro atoms. The van der Waals surface area contributed by atoms with Gasteiger partial charge < -0.3 is 5.32 Å². The fourth-order valence-electron chi connectivity index (χ4n) is 1.25. The molecule has 0 saturated carbocycles. The van der Waals surface area contributed by atoms with E-state index in [2.05, 4.69) is 44.6 Å². The molecule has 5 heteroatoms. The molecule has 2 nitrogen and oxygen atoms in total. The monoisotopic (exact) mass is 302 g/mol. The lowest BCUT2D eigenvalue weighted by atomic mass is 10.3. The van der Waals surface area contributed by atoms with Crippen molar-refractivity contribution in [2.45, 2.75) is 20.0 Å². The Bertz CT molecular complexity index is 403. The van der Waals surface area contributed by atoms with Crippen LogP contribution in [0.15, 0.2) is 20.7 Å². The molecule has 0 bridgehead atoms. The predicted molar refractivity (Wildman–Crippen MR) is 69.4 cm³/mol. The van der Waals surface area contributed by atoms with E-state index in [0.29, 0.717) is 0 Å². The number of thiazole rings is 1. The predicted octanol–water partition coefficient (Wildman–Crippen LogP) is 3.57. The molecule has 1 N–H and O–H groups in total. The Kier molecular flexibility index (Phi) is 3.91. The van der Waals surface area contributed by atoms with Crippen molar-refractivity contribution in [1.29, 1.82) is 0 Å². The Hall–Kier alpha value is -0.230. The molecule has 0 atom stereocenters. The molecule has 0 unspecified atom stereocenters. The SMILES string of the molecule is Cc1cc(CNCc2cscn2)sc1Br. The summed E-state index contributed by atoms with van der Waals surface area (Å²) in [5.74, 6) is 0. The van der Waals surface area contributed by atoms with Crippen LogP contribution in [-0.2, 0) is 13.1 Å². The van der Waals surface area contributed by atoms with E-state index in [1.54, 1.807) is 22.7 Å². The van der Waals surface area contributed by atoms with Crippen LogP contribution < -0.4 is 5.32 Å². The van der Waals surface area contributed by atoms with Gasteiger partial charge in [0.15, 0.2) is 0 Å². The van der Waals surface area contributed by atoms with Crippen molar-refractivity contribution >= 4 is 38.6 Å². The van der Waals surface area contributed by atoms with Gasteiger partial charge in [-0.2, -0.15) is 0 Å². The topological polar surface area (TPSA) is 24.9 Å². The van der Waals surface area contributed by atoms with Gasteiger partial charge in [-0.1, -0.05) is 0 Å². The minimum Gasteiger partial charge on any atom is -0.306 e. The molecular formula is C10H11BrN2S2. The number of hydrogen-bond acceptors (Lipinski definition) is 4. The molecule has 2 aromatic heterocycles. The second-order valence-electron chi connectivity index (χ2n) is 3.25. The van der Waals surface area contributed by atoms with Crippen molar-refractivity contribution in [3.05, 3.63) is 36.9 Å². The smallest absolute Gasteiger partial charge is 0.0795 e.